The number of aryl methyl sites for hydroxylation is 2. The number of alkyl halides is 3. The zero-order valence-electron chi connectivity index (χ0n) is 19.4. The number of carbonyl (C=O) groups is 1. The normalized spacial score (nSPS) is 11.9. The number of aromatic nitrogens is 5. The van der Waals surface area contributed by atoms with Crippen molar-refractivity contribution < 1.29 is 27.4 Å². The molecule has 184 valence electrons. The van der Waals surface area contributed by atoms with E-state index in [1.807, 2.05) is 13.8 Å². The molecule has 1 N–H and O–H groups in total. The van der Waals surface area contributed by atoms with Gasteiger partial charge in [-0.3, -0.25) is 4.79 Å². The molecule has 0 aliphatic heterocycles. The summed E-state index contributed by atoms with van der Waals surface area (Å²) in [5.41, 5.74) is 0.743. The average molecular weight is 480 g/mol. The highest BCUT2D eigenvalue weighted by atomic mass is 19.4. The fourth-order valence-corrected chi connectivity index (χ4v) is 3.44. The van der Waals surface area contributed by atoms with E-state index in [9.17, 15) is 18.0 Å². The molecule has 0 saturated carbocycles. The van der Waals surface area contributed by atoms with Crippen LogP contribution in [0.1, 0.15) is 46.9 Å². The lowest BCUT2D eigenvalue weighted by molar-refractivity contribution is -0.145. The van der Waals surface area contributed by atoms with E-state index in [0.29, 0.717) is 24.6 Å². The first-order valence-electron chi connectivity index (χ1n) is 10.8. The number of halogens is 3. The van der Waals surface area contributed by atoms with Crippen molar-refractivity contribution in [1.82, 2.24) is 30.1 Å². The van der Waals surface area contributed by atoms with Crippen LogP contribution >= 0.6 is 0 Å². The van der Waals surface area contributed by atoms with E-state index in [0.717, 1.165) is 6.07 Å². The van der Waals surface area contributed by atoms with Crippen molar-refractivity contribution in [2.75, 3.05) is 13.2 Å². The summed E-state index contributed by atoms with van der Waals surface area (Å²) in [6, 6.07) is 5.67. The molecule has 0 bridgehead atoms. The SMILES string of the molecule is CCOC(Cn1cc(C(=O)NCc2ccc(-n3nc(C)cc3C)cc2C(F)(F)F)nn1)OCC. The molecule has 1 aromatic carbocycles. The van der Waals surface area contributed by atoms with Crippen LogP contribution in [-0.2, 0) is 28.7 Å². The minimum atomic E-state index is -4.61. The Morgan fingerprint density at radius 1 is 1.15 bits per heavy atom. The van der Waals surface area contributed by atoms with E-state index in [2.05, 4.69) is 20.7 Å². The predicted octanol–water partition coefficient (Wildman–Crippen LogP) is 3.43. The molecule has 2 heterocycles. The Morgan fingerprint density at radius 2 is 1.85 bits per heavy atom. The van der Waals surface area contributed by atoms with Crippen molar-refractivity contribution in [3.05, 3.63) is 58.7 Å². The van der Waals surface area contributed by atoms with Crippen LogP contribution < -0.4 is 5.32 Å². The molecule has 0 unspecified atom stereocenters. The van der Waals surface area contributed by atoms with Crippen LogP contribution in [0.15, 0.2) is 30.5 Å². The van der Waals surface area contributed by atoms with Gasteiger partial charge in [-0.05, 0) is 51.5 Å². The van der Waals surface area contributed by atoms with Gasteiger partial charge in [0.25, 0.3) is 5.91 Å². The molecule has 0 aliphatic rings. The second kappa shape index (κ2) is 10.8. The molecule has 1 amide bonds. The minimum Gasteiger partial charge on any atom is -0.351 e. The van der Waals surface area contributed by atoms with E-state index in [1.54, 1.807) is 19.9 Å². The Kier molecular flexibility index (Phi) is 8.05. The summed E-state index contributed by atoms with van der Waals surface area (Å²) in [6.07, 6.45) is -3.78. The number of carbonyl (C=O) groups excluding carboxylic acids is 1. The number of rotatable bonds is 10. The molecule has 34 heavy (non-hydrogen) atoms. The monoisotopic (exact) mass is 480 g/mol. The van der Waals surface area contributed by atoms with E-state index in [4.69, 9.17) is 9.47 Å². The van der Waals surface area contributed by atoms with Crippen LogP contribution in [0.2, 0.25) is 0 Å². The number of nitrogens with one attached hydrogen (secondary N) is 1. The summed E-state index contributed by atoms with van der Waals surface area (Å²) in [4.78, 5) is 12.5. The fourth-order valence-electron chi connectivity index (χ4n) is 3.44. The zero-order valence-corrected chi connectivity index (χ0v) is 19.4. The van der Waals surface area contributed by atoms with Crippen LogP contribution in [0, 0.1) is 13.8 Å². The number of hydrogen-bond acceptors (Lipinski definition) is 6. The highest BCUT2D eigenvalue weighted by molar-refractivity contribution is 5.91. The molecule has 2 aromatic heterocycles. The van der Waals surface area contributed by atoms with Gasteiger partial charge in [0.05, 0.1) is 29.7 Å². The van der Waals surface area contributed by atoms with E-state index >= 15 is 0 Å². The van der Waals surface area contributed by atoms with Crippen LogP contribution in [0.4, 0.5) is 13.2 Å². The van der Waals surface area contributed by atoms with Gasteiger partial charge >= 0.3 is 6.18 Å². The van der Waals surface area contributed by atoms with Gasteiger partial charge in [-0.25, -0.2) is 9.36 Å². The maximum atomic E-state index is 13.8. The van der Waals surface area contributed by atoms with Gasteiger partial charge in [-0.1, -0.05) is 11.3 Å². The fraction of sp³-hybridized carbons (Fsp3) is 0.455. The van der Waals surface area contributed by atoms with Crippen molar-refractivity contribution in [3.63, 3.8) is 0 Å². The van der Waals surface area contributed by atoms with Gasteiger partial charge in [0, 0.05) is 25.5 Å². The first-order valence-corrected chi connectivity index (χ1v) is 10.8. The first kappa shape index (κ1) is 25.4. The summed E-state index contributed by atoms with van der Waals surface area (Å²) in [5, 5.41) is 14.4. The Labute approximate surface area is 194 Å². The summed E-state index contributed by atoms with van der Waals surface area (Å²) in [5.74, 6) is -0.647. The van der Waals surface area contributed by atoms with Crippen LogP contribution in [0.5, 0.6) is 0 Å². The Bertz CT molecular complexity index is 1120. The smallest absolute Gasteiger partial charge is 0.351 e. The third-order valence-corrected chi connectivity index (χ3v) is 4.90. The van der Waals surface area contributed by atoms with Gasteiger partial charge in [-0.15, -0.1) is 5.10 Å². The van der Waals surface area contributed by atoms with Gasteiger partial charge in [0.15, 0.2) is 12.0 Å². The van der Waals surface area contributed by atoms with Crippen molar-refractivity contribution in [3.8, 4) is 5.69 Å². The largest absolute Gasteiger partial charge is 0.416 e. The summed E-state index contributed by atoms with van der Waals surface area (Å²) < 4.78 is 55.0. The van der Waals surface area contributed by atoms with Crippen molar-refractivity contribution in [2.45, 2.75) is 53.3 Å². The minimum absolute atomic E-state index is 0.0282. The molecule has 12 heteroatoms. The predicted molar refractivity (Wildman–Crippen MR) is 116 cm³/mol. The maximum absolute atomic E-state index is 13.8. The van der Waals surface area contributed by atoms with Gasteiger partial charge in [0.2, 0.25) is 0 Å². The highest BCUT2D eigenvalue weighted by Gasteiger charge is 2.34. The number of ether oxygens (including phenoxy) is 2. The van der Waals surface area contributed by atoms with E-state index in [-0.39, 0.29) is 30.0 Å². The quantitative estimate of drug-likeness (QED) is 0.447. The zero-order chi connectivity index (χ0) is 24.9. The van der Waals surface area contributed by atoms with Gasteiger partial charge < -0.3 is 14.8 Å². The molecular formula is C22H27F3N6O3. The molecule has 0 radical (unpaired) electrons. The summed E-state index contributed by atoms with van der Waals surface area (Å²) in [7, 11) is 0. The topological polar surface area (TPSA) is 96.1 Å². The lowest BCUT2D eigenvalue weighted by Crippen LogP contribution is -2.25. The molecule has 0 fully saturated rings. The Morgan fingerprint density at radius 3 is 2.44 bits per heavy atom. The van der Waals surface area contributed by atoms with Crippen molar-refractivity contribution in [1.29, 1.82) is 0 Å². The summed E-state index contributed by atoms with van der Waals surface area (Å²) >= 11 is 0. The standard InChI is InChI=1S/C22H27F3N6O3/c1-5-33-20(34-6-2)13-30-12-19(27-29-30)21(32)26-11-16-7-8-17(10-18(16)22(23,24)25)31-15(4)9-14(3)28-31/h7-10,12,20H,5-6,11,13H2,1-4H3,(H,26,32). The highest BCUT2D eigenvalue weighted by Crippen LogP contribution is 2.33. The van der Waals surface area contributed by atoms with Crippen LogP contribution in [-0.4, -0.2) is 50.2 Å². The molecule has 0 saturated heterocycles. The third-order valence-electron chi connectivity index (χ3n) is 4.90. The number of amides is 1. The van der Waals surface area contributed by atoms with Gasteiger partial charge in [0.1, 0.15) is 0 Å². The second-order valence-electron chi connectivity index (χ2n) is 7.53. The van der Waals surface area contributed by atoms with Crippen LogP contribution in [0.3, 0.4) is 0 Å². The van der Waals surface area contributed by atoms with Gasteiger partial charge in [-0.2, -0.15) is 18.3 Å². The van der Waals surface area contributed by atoms with E-state index < -0.39 is 23.9 Å². The molecular weight excluding hydrogens is 453 g/mol. The van der Waals surface area contributed by atoms with Crippen molar-refractivity contribution >= 4 is 5.91 Å². The third kappa shape index (κ3) is 6.20. The number of benzene rings is 1. The Balaban J connectivity index is 1.73. The van der Waals surface area contributed by atoms with Crippen LogP contribution in [0.25, 0.3) is 5.69 Å². The first-order chi connectivity index (χ1) is 16.1. The molecule has 3 aromatic rings. The summed E-state index contributed by atoms with van der Waals surface area (Å²) in [6.45, 7) is 7.93. The lowest BCUT2D eigenvalue weighted by Gasteiger charge is -2.16. The Hall–Kier alpha value is -3.25. The van der Waals surface area contributed by atoms with Crippen molar-refractivity contribution in [2.24, 2.45) is 0 Å². The molecule has 0 atom stereocenters. The van der Waals surface area contributed by atoms with E-state index in [1.165, 1.54) is 27.7 Å². The second-order valence-corrected chi connectivity index (χ2v) is 7.53. The lowest BCUT2D eigenvalue weighted by atomic mass is 10.1. The number of nitrogens with zero attached hydrogens (tertiary/aromatic N) is 5. The molecule has 3 rings (SSSR count). The average Bonchev–Trinajstić information content (AvgIpc) is 3.37. The molecule has 9 nitrogen and oxygen atoms in total. The molecule has 0 aliphatic carbocycles. The molecule has 0 spiro atoms. The maximum Gasteiger partial charge on any atom is 0.416 e. The number of hydrogen-bond donors (Lipinski definition) is 1.